The highest BCUT2D eigenvalue weighted by Gasteiger charge is 2.11. The molecular formula is C20H22N2O2S. The van der Waals surface area contributed by atoms with Crippen LogP contribution in [0.3, 0.4) is 0 Å². The van der Waals surface area contributed by atoms with Crippen molar-refractivity contribution in [3.63, 3.8) is 0 Å². The monoisotopic (exact) mass is 354 g/mol. The largest absolute Gasteiger partial charge is 0.491 e. The molecule has 0 bridgehead atoms. The lowest BCUT2D eigenvalue weighted by Gasteiger charge is -2.13. The lowest BCUT2D eigenvalue weighted by Crippen LogP contribution is -2.20. The Kier molecular flexibility index (Phi) is 5.56. The quantitative estimate of drug-likeness (QED) is 0.534. The topological polar surface area (TPSA) is 55.2 Å². The summed E-state index contributed by atoms with van der Waals surface area (Å²) in [4.78, 5) is 8.96. The van der Waals surface area contributed by atoms with Gasteiger partial charge in [0.1, 0.15) is 23.2 Å². The number of hydrogen-bond acceptors (Lipinski definition) is 5. The van der Waals surface area contributed by atoms with E-state index >= 15 is 0 Å². The van der Waals surface area contributed by atoms with E-state index in [9.17, 15) is 5.11 Å². The first-order chi connectivity index (χ1) is 12.0. The average molecular weight is 354 g/mol. The molecule has 0 saturated heterocycles. The van der Waals surface area contributed by atoms with Crippen LogP contribution in [0, 0.1) is 20.8 Å². The van der Waals surface area contributed by atoms with Gasteiger partial charge in [-0.1, -0.05) is 24.3 Å². The molecule has 5 heteroatoms. The fraction of sp³-hybridized carbons (Fsp3) is 0.300. The van der Waals surface area contributed by atoms with Crippen LogP contribution in [-0.4, -0.2) is 33.5 Å². The van der Waals surface area contributed by atoms with Gasteiger partial charge in [-0.2, -0.15) is 0 Å². The van der Waals surface area contributed by atoms with Gasteiger partial charge in [0, 0.05) is 11.1 Å². The molecule has 25 heavy (non-hydrogen) atoms. The molecule has 0 saturated carbocycles. The number of hydrogen-bond donors (Lipinski definition) is 1. The van der Waals surface area contributed by atoms with E-state index < -0.39 is 6.10 Å². The van der Waals surface area contributed by atoms with Crippen molar-refractivity contribution in [2.75, 3.05) is 12.4 Å². The van der Waals surface area contributed by atoms with Gasteiger partial charge in [-0.05, 0) is 50.1 Å². The molecule has 0 aliphatic carbocycles. The number of para-hydroxylation sites is 1. The number of thioether (sulfide) groups is 1. The summed E-state index contributed by atoms with van der Waals surface area (Å²) in [5.74, 6) is 2.05. The zero-order valence-corrected chi connectivity index (χ0v) is 15.5. The first-order valence-corrected chi connectivity index (χ1v) is 9.25. The lowest BCUT2D eigenvalue weighted by atomic mass is 10.1. The van der Waals surface area contributed by atoms with Gasteiger partial charge >= 0.3 is 0 Å². The van der Waals surface area contributed by atoms with Crippen molar-refractivity contribution in [3.05, 3.63) is 59.4 Å². The predicted molar refractivity (Wildman–Crippen MR) is 102 cm³/mol. The summed E-state index contributed by atoms with van der Waals surface area (Å²) in [6.45, 7) is 6.22. The molecule has 0 aliphatic rings. The maximum Gasteiger partial charge on any atom is 0.127 e. The maximum atomic E-state index is 10.3. The van der Waals surface area contributed by atoms with Crippen LogP contribution in [0.15, 0.2) is 47.5 Å². The van der Waals surface area contributed by atoms with Gasteiger partial charge in [-0.25, -0.2) is 9.97 Å². The Morgan fingerprint density at radius 1 is 1.04 bits per heavy atom. The van der Waals surface area contributed by atoms with Crippen LogP contribution in [0.2, 0.25) is 0 Å². The Morgan fingerprint density at radius 3 is 2.52 bits per heavy atom. The van der Waals surface area contributed by atoms with Gasteiger partial charge in [0.25, 0.3) is 0 Å². The molecule has 0 radical (unpaired) electrons. The number of aliphatic hydroxyl groups excluding tert-OH is 1. The highest BCUT2D eigenvalue weighted by atomic mass is 32.2. The molecule has 0 aliphatic heterocycles. The third-order valence-electron chi connectivity index (χ3n) is 3.73. The summed E-state index contributed by atoms with van der Waals surface area (Å²) in [6, 6.07) is 14.0. The van der Waals surface area contributed by atoms with Crippen molar-refractivity contribution in [2.45, 2.75) is 31.9 Å². The SMILES string of the molecule is Cc1cc(C)cc(OC[C@@H](O)CSc2nc(C)nc3ccccc23)c1. The Hall–Kier alpha value is -2.11. The Bertz CT molecular complexity index is 862. The summed E-state index contributed by atoms with van der Waals surface area (Å²) in [5, 5.41) is 12.2. The fourth-order valence-corrected chi connectivity index (χ4v) is 3.67. The van der Waals surface area contributed by atoms with Crippen molar-refractivity contribution in [2.24, 2.45) is 0 Å². The minimum Gasteiger partial charge on any atom is -0.491 e. The number of benzene rings is 2. The summed E-state index contributed by atoms with van der Waals surface area (Å²) < 4.78 is 5.73. The van der Waals surface area contributed by atoms with Gasteiger partial charge in [-0.15, -0.1) is 11.8 Å². The molecule has 2 aromatic carbocycles. The minimum atomic E-state index is -0.570. The second-order valence-corrected chi connectivity index (χ2v) is 7.20. The van der Waals surface area contributed by atoms with Crippen LogP contribution in [0.4, 0.5) is 0 Å². The van der Waals surface area contributed by atoms with Crippen LogP contribution in [0.1, 0.15) is 17.0 Å². The molecule has 0 spiro atoms. The van der Waals surface area contributed by atoms with E-state index in [0.717, 1.165) is 38.6 Å². The number of rotatable bonds is 6. The third kappa shape index (κ3) is 4.71. The Morgan fingerprint density at radius 2 is 1.76 bits per heavy atom. The number of nitrogens with zero attached hydrogens (tertiary/aromatic N) is 2. The molecule has 1 atom stereocenters. The lowest BCUT2D eigenvalue weighted by molar-refractivity contribution is 0.126. The van der Waals surface area contributed by atoms with E-state index in [2.05, 4.69) is 16.0 Å². The molecule has 1 aromatic heterocycles. The second-order valence-electron chi connectivity index (χ2n) is 6.19. The normalized spacial score (nSPS) is 12.3. The zero-order valence-electron chi connectivity index (χ0n) is 14.7. The summed E-state index contributed by atoms with van der Waals surface area (Å²) in [5.41, 5.74) is 3.24. The molecule has 3 rings (SSSR count). The number of aromatic nitrogens is 2. The van der Waals surface area contributed by atoms with Crippen molar-refractivity contribution in [3.8, 4) is 5.75 Å². The van der Waals surface area contributed by atoms with Crippen molar-refractivity contribution >= 4 is 22.7 Å². The number of aliphatic hydroxyl groups is 1. The standard InChI is InChI=1S/C20H22N2O2S/c1-13-8-14(2)10-17(9-13)24-11-16(23)12-25-20-18-6-4-5-7-19(18)21-15(3)22-20/h4-10,16,23H,11-12H2,1-3H3/t16-/m1/s1. The molecule has 4 nitrogen and oxygen atoms in total. The van der Waals surface area contributed by atoms with E-state index in [1.165, 1.54) is 11.8 Å². The van der Waals surface area contributed by atoms with E-state index in [4.69, 9.17) is 4.74 Å². The number of fused-ring (bicyclic) bond motifs is 1. The molecule has 3 aromatic rings. The summed E-state index contributed by atoms with van der Waals surface area (Å²) >= 11 is 1.53. The molecular weight excluding hydrogens is 332 g/mol. The summed E-state index contributed by atoms with van der Waals surface area (Å²) in [6.07, 6.45) is -0.570. The Balaban J connectivity index is 1.62. The van der Waals surface area contributed by atoms with E-state index in [1.807, 2.05) is 57.2 Å². The van der Waals surface area contributed by atoms with Crippen LogP contribution in [-0.2, 0) is 0 Å². The highest BCUT2D eigenvalue weighted by Crippen LogP contribution is 2.26. The maximum absolute atomic E-state index is 10.3. The van der Waals surface area contributed by atoms with Crippen molar-refractivity contribution in [1.29, 1.82) is 0 Å². The van der Waals surface area contributed by atoms with Crippen LogP contribution in [0.5, 0.6) is 5.75 Å². The van der Waals surface area contributed by atoms with Crippen LogP contribution < -0.4 is 4.74 Å². The summed E-state index contributed by atoms with van der Waals surface area (Å²) in [7, 11) is 0. The van der Waals surface area contributed by atoms with Gasteiger partial charge in [0.05, 0.1) is 11.6 Å². The first kappa shape index (κ1) is 17.7. The molecule has 0 amide bonds. The van der Waals surface area contributed by atoms with Crippen LogP contribution >= 0.6 is 11.8 Å². The predicted octanol–water partition coefficient (Wildman–Crippen LogP) is 4.09. The molecule has 1 heterocycles. The third-order valence-corrected chi connectivity index (χ3v) is 4.87. The highest BCUT2D eigenvalue weighted by molar-refractivity contribution is 7.99. The molecule has 0 fully saturated rings. The average Bonchev–Trinajstić information content (AvgIpc) is 2.57. The van der Waals surface area contributed by atoms with Gasteiger partial charge < -0.3 is 9.84 Å². The first-order valence-electron chi connectivity index (χ1n) is 8.26. The fourth-order valence-electron chi connectivity index (χ4n) is 2.70. The minimum absolute atomic E-state index is 0.262. The number of aryl methyl sites for hydroxylation is 3. The molecule has 130 valence electrons. The van der Waals surface area contributed by atoms with Crippen molar-refractivity contribution in [1.82, 2.24) is 9.97 Å². The smallest absolute Gasteiger partial charge is 0.127 e. The van der Waals surface area contributed by atoms with E-state index in [0.29, 0.717) is 5.75 Å². The van der Waals surface area contributed by atoms with Crippen molar-refractivity contribution < 1.29 is 9.84 Å². The molecule has 0 unspecified atom stereocenters. The van der Waals surface area contributed by atoms with Gasteiger partial charge in [0.15, 0.2) is 0 Å². The van der Waals surface area contributed by atoms with E-state index in [1.54, 1.807) is 0 Å². The van der Waals surface area contributed by atoms with Gasteiger partial charge in [0.2, 0.25) is 0 Å². The molecule has 1 N–H and O–H groups in total. The number of ether oxygens (including phenoxy) is 1. The zero-order chi connectivity index (χ0) is 17.8. The van der Waals surface area contributed by atoms with Gasteiger partial charge in [-0.3, -0.25) is 0 Å². The second kappa shape index (κ2) is 7.85. The Labute approximate surface area is 152 Å². The van der Waals surface area contributed by atoms with Crippen LogP contribution in [0.25, 0.3) is 10.9 Å². The van der Waals surface area contributed by atoms with E-state index in [-0.39, 0.29) is 6.61 Å².